The first-order chi connectivity index (χ1) is 11.4. The lowest BCUT2D eigenvalue weighted by atomic mass is 9.66. The highest BCUT2D eigenvalue weighted by molar-refractivity contribution is 5.71. The number of aryl methyl sites for hydroxylation is 2. The van der Waals surface area contributed by atoms with Crippen LogP contribution in [0.4, 0.5) is 0 Å². The molecule has 0 unspecified atom stereocenters. The Balaban J connectivity index is 1.92. The van der Waals surface area contributed by atoms with Crippen LogP contribution in [0.25, 0.3) is 11.3 Å². The highest BCUT2D eigenvalue weighted by atomic mass is 14.7. The Morgan fingerprint density at radius 1 is 0.875 bits per heavy atom. The van der Waals surface area contributed by atoms with Crippen molar-refractivity contribution < 1.29 is 0 Å². The van der Waals surface area contributed by atoms with Gasteiger partial charge in [-0.25, -0.2) is 0 Å². The molecule has 24 heavy (non-hydrogen) atoms. The maximum atomic E-state index is 4.86. The third kappa shape index (κ3) is 2.42. The normalized spacial score (nSPS) is 20.3. The van der Waals surface area contributed by atoms with Crippen molar-refractivity contribution in [2.24, 2.45) is 0 Å². The molecule has 0 fully saturated rings. The van der Waals surface area contributed by atoms with Crippen LogP contribution in [0.2, 0.25) is 0 Å². The van der Waals surface area contributed by atoms with Crippen molar-refractivity contribution in [2.75, 3.05) is 0 Å². The van der Waals surface area contributed by atoms with Gasteiger partial charge in [0.15, 0.2) is 0 Å². The van der Waals surface area contributed by atoms with E-state index >= 15 is 0 Å². The van der Waals surface area contributed by atoms with Gasteiger partial charge in [-0.05, 0) is 54.0 Å². The Bertz CT molecular complexity index is 824. The molecule has 1 aromatic carbocycles. The molecule has 1 aromatic heterocycles. The zero-order valence-corrected chi connectivity index (χ0v) is 15.3. The molecule has 1 nitrogen and oxygen atoms in total. The van der Waals surface area contributed by atoms with E-state index < -0.39 is 0 Å². The van der Waals surface area contributed by atoms with E-state index in [4.69, 9.17) is 4.98 Å². The number of hydrogen-bond acceptors (Lipinski definition) is 1. The molecule has 2 aliphatic carbocycles. The standard InChI is InChI=1S/C23H27N/c1-22(2)12-13-23(3,4)21-18(10-7-11-19(21)22)20-14-16-8-5-6-9-17(16)15-24-20/h7,10-15H,5-6,8-9H2,1-4H3. The average Bonchev–Trinajstić information content (AvgIpc) is 2.58. The number of fused-ring (bicyclic) bond motifs is 2. The fourth-order valence-corrected chi connectivity index (χ4v) is 4.35. The third-order valence-corrected chi connectivity index (χ3v) is 5.82. The van der Waals surface area contributed by atoms with Crippen molar-refractivity contribution in [3.05, 3.63) is 64.9 Å². The van der Waals surface area contributed by atoms with Gasteiger partial charge in [-0.2, -0.15) is 0 Å². The molecular weight excluding hydrogens is 290 g/mol. The molecule has 124 valence electrons. The van der Waals surface area contributed by atoms with Crippen molar-refractivity contribution in [3.63, 3.8) is 0 Å². The second kappa shape index (κ2) is 5.31. The second-order valence-corrected chi connectivity index (χ2v) is 8.55. The van der Waals surface area contributed by atoms with Gasteiger partial charge < -0.3 is 0 Å². The lowest BCUT2D eigenvalue weighted by Crippen LogP contribution is -2.29. The number of nitrogens with zero attached hydrogens (tertiary/aromatic N) is 1. The van der Waals surface area contributed by atoms with Crippen molar-refractivity contribution in [1.29, 1.82) is 0 Å². The van der Waals surface area contributed by atoms with Gasteiger partial charge in [-0.1, -0.05) is 58.0 Å². The van der Waals surface area contributed by atoms with Gasteiger partial charge in [0.2, 0.25) is 0 Å². The van der Waals surface area contributed by atoms with E-state index in [1.807, 2.05) is 0 Å². The highest BCUT2D eigenvalue weighted by Gasteiger charge is 2.34. The minimum absolute atomic E-state index is 0.0407. The van der Waals surface area contributed by atoms with Crippen molar-refractivity contribution >= 4 is 0 Å². The molecule has 0 saturated carbocycles. The molecule has 1 heteroatoms. The largest absolute Gasteiger partial charge is 0.256 e. The van der Waals surface area contributed by atoms with E-state index in [-0.39, 0.29) is 10.8 Å². The topological polar surface area (TPSA) is 12.9 Å². The van der Waals surface area contributed by atoms with Crippen LogP contribution in [-0.2, 0) is 23.7 Å². The maximum Gasteiger partial charge on any atom is 0.0708 e. The summed E-state index contributed by atoms with van der Waals surface area (Å²) < 4.78 is 0. The second-order valence-electron chi connectivity index (χ2n) is 8.55. The monoisotopic (exact) mass is 317 g/mol. The first-order valence-electron chi connectivity index (χ1n) is 9.21. The fraction of sp³-hybridized carbons (Fsp3) is 0.435. The molecule has 0 bridgehead atoms. The van der Waals surface area contributed by atoms with E-state index in [1.54, 1.807) is 0 Å². The minimum Gasteiger partial charge on any atom is -0.256 e. The molecule has 0 radical (unpaired) electrons. The summed E-state index contributed by atoms with van der Waals surface area (Å²) in [6.07, 6.45) is 11.9. The van der Waals surface area contributed by atoms with E-state index in [0.29, 0.717) is 0 Å². The summed E-state index contributed by atoms with van der Waals surface area (Å²) in [6, 6.07) is 9.10. The van der Waals surface area contributed by atoms with E-state index in [2.05, 4.69) is 70.3 Å². The maximum absolute atomic E-state index is 4.86. The molecule has 0 saturated heterocycles. The quantitative estimate of drug-likeness (QED) is 0.610. The smallest absolute Gasteiger partial charge is 0.0708 e. The summed E-state index contributed by atoms with van der Waals surface area (Å²) in [6.45, 7) is 9.25. The van der Waals surface area contributed by atoms with Crippen LogP contribution in [0.5, 0.6) is 0 Å². The number of allylic oxidation sites excluding steroid dienone is 2. The van der Waals surface area contributed by atoms with Crippen LogP contribution in [-0.4, -0.2) is 4.98 Å². The minimum atomic E-state index is 0.0407. The zero-order chi connectivity index (χ0) is 16.9. The van der Waals surface area contributed by atoms with Crippen LogP contribution in [0.15, 0.2) is 42.6 Å². The van der Waals surface area contributed by atoms with Gasteiger partial charge in [0, 0.05) is 22.6 Å². The number of rotatable bonds is 1. The summed E-state index contributed by atoms with van der Waals surface area (Å²) in [5.41, 5.74) is 8.41. The zero-order valence-electron chi connectivity index (χ0n) is 15.3. The summed E-state index contributed by atoms with van der Waals surface area (Å²) in [5.74, 6) is 0. The van der Waals surface area contributed by atoms with Crippen LogP contribution >= 0.6 is 0 Å². The highest BCUT2D eigenvalue weighted by Crippen LogP contribution is 2.45. The summed E-state index contributed by atoms with van der Waals surface area (Å²) >= 11 is 0. The van der Waals surface area contributed by atoms with Crippen molar-refractivity contribution in [2.45, 2.75) is 64.2 Å². The van der Waals surface area contributed by atoms with Gasteiger partial charge in [-0.3, -0.25) is 4.98 Å². The first-order valence-corrected chi connectivity index (χ1v) is 9.21. The predicted molar refractivity (Wildman–Crippen MR) is 102 cm³/mol. The molecule has 0 atom stereocenters. The molecule has 2 aliphatic rings. The number of pyridine rings is 1. The van der Waals surface area contributed by atoms with Gasteiger partial charge in [0.1, 0.15) is 0 Å². The number of hydrogen-bond donors (Lipinski definition) is 0. The molecule has 0 amide bonds. The SMILES string of the molecule is CC1(C)C=CC(C)(C)c2c(-c3cc4c(cn3)CCCC4)cccc21. The van der Waals surface area contributed by atoms with E-state index in [0.717, 1.165) is 5.69 Å². The number of benzene rings is 1. The Kier molecular flexibility index (Phi) is 3.46. The average molecular weight is 317 g/mol. The molecule has 0 spiro atoms. The third-order valence-electron chi connectivity index (χ3n) is 5.82. The molecule has 1 heterocycles. The summed E-state index contributed by atoms with van der Waals surface area (Å²) in [7, 11) is 0. The lowest BCUT2D eigenvalue weighted by molar-refractivity contribution is 0.564. The Morgan fingerprint density at radius 2 is 1.58 bits per heavy atom. The van der Waals surface area contributed by atoms with Gasteiger partial charge in [-0.15, -0.1) is 0 Å². The molecule has 2 aromatic rings. The van der Waals surface area contributed by atoms with Gasteiger partial charge in [0.05, 0.1) is 5.69 Å². The number of aromatic nitrogens is 1. The fourth-order valence-electron chi connectivity index (χ4n) is 4.35. The van der Waals surface area contributed by atoms with E-state index in [1.165, 1.54) is 53.5 Å². The Hall–Kier alpha value is -1.89. The molecule has 0 N–H and O–H groups in total. The van der Waals surface area contributed by atoms with E-state index in [9.17, 15) is 0 Å². The van der Waals surface area contributed by atoms with Crippen molar-refractivity contribution in [3.8, 4) is 11.3 Å². The Morgan fingerprint density at radius 3 is 2.38 bits per heavy atom. The Labute approximate surface area is 145 Å². The first kappa shape index (κ1) is 15.6. The summed E-state index contributed by atoms with van der Waals surface area (Å²) in [4.78, 5) is 4.86. The predicted octanol–water partition coefficient (Wildman–Crippen LogP) is 5.75. The summed E-state index contributed by atoms with van der Waals surface area (Å²) in [5, 5.41) is 0. The van der Waals surface area contributed by atoms with Gasteiger partial charge in [0.25, 0.3) is 0 Å². The van der Waals surface area contributed by atoms with Crippen molar-refractivity contribution in [1.82, 2.24) is 4.98 Å². The van der Waals surface area contributed by atoms with Crippen LogP contribution in [0.1, 0.15) is 62.8 Å². The molecule has 4 rings (SSSR count). The lowest BCUT2D eigenvalue weighted by Gasteiger charge is -2.38. The van der Waals surface area contributed by atoms with Crippen LogP contribution < -0.4 is 0 Å². The molecular formula is C23H27N. The van der Waals surface area contributed by atoms with Gasteiger partial charge >= 0.3 is 0 Å². The van der Waals surface area contributed by atoms with Crippen LogP contribution in [0.3, 0.4) is 0 Å². The molecule has 0 aliphatic heterocycles. The van der Waals surface area contributed by atoms with Crippen LogP contribution in [0, 0.1) is 0 Å².